The maximum atomic E-state index is 12.3. The van der Waals surface area contributed by atoms with Crippen LogP contribution < -0.4 is 10.1 Å². The van der Waals surface area contributed by atoms with Crippen molar-refractivity contribution < 1.29 is 9.53 Å². The Labute approximate surface area is 147 Å². The highest BCUT2D eigenvalue weighted by atomic mass is 35.5. The van der Waals surface area contributed by atoms with E-state index in [0.717, 1.165) is 16.7 Å². The van der Waals surface area contributed by atoms with Crippen LogP contribution >= 0.6 is 23.2 Å². The summed E-state index contributed by atoms with van der Waals surface area (Å²) in [7, 11) is 1.60. The molecule has 0 saturated carbocycles. The van der Waals surface area contributed by atoms with E-state index in [1.165, 1.54) is 0 Å². The Morgan fingerprint density at radius 1 is 1.17 bits per heavy atom. The molecule has 1 aliphatic heterocycles. The molecule has 2 N–H and O–H groups in total. The Morgan fingerprint density at radius 3 is 2.75 bits per heavy atom. The number of hydrogen-bond acceptors (Lipinski definition) is 3. The smallest absolute Gasteiger partial charge is 0.256 e. The summed E-state index contributed by atoms with van der Waals surface area (Å²) in [5.41, 5.74) is 3.01. The number of hydrogen-bond donors (Lipinski definition) is 2. The first-order valence-electron chi connectivity index (χ1n) is 7.12. The topological polar surface area (TPSA) is 67.0 Å². The van der Waals surface area contributed by atoms with Crippen molar-refractivity contribution in [2.45, 2.75) is 0 Å². The minimum absolute atomic E-state index is 0.260. The molecule has 4 rings (SSSR count). The molecule has 0 aliphatic carbocycles. The van der Waals surface area contributed by atoms with Crippen molar-refractivity contribution in [3.05, 3.63) is 51.6 Å². The summed E-state index contributed by atoms with van der Waals surface area (Å²) in [4.78, 5) is 12.3. The first-order valence-corrected chi connectivity index (χ1v) is 7.87. The zero-order valence-electron chi connectivity index (χ0n) is 12.5. The molecule has 0 fully saturated rings. The minimum Gasteiger partial charge on any atom is -0.497 e. The summed E-state index contributed by atoms with van der Waals surface area (Å²) in [6.07, 6.45) is 1.70. The van der Waals surface area contributed by atoms with Gasteiger partial charge in [-0.2, -0.15) is 5.10 Å². The van der Waals surface area contributed by atoms with Crippen LogP contribution in [0.3, 0.4) is 0 Å². The lowest BCUT2D eigenvalue weighted by atomic mass is 10.0. The van der Waals surface area contributed by atoms with Crippen molar-refractivity contribution in [3.8, 4) is 5.75 Å². The molecule has 2 heterocycles. The average Bonchev–Trinajstić information content (AvgIpc) is 3.13. The van der Waals surface area contributed by atoms with E-state index in [-0.39, 0.29) is 5.91 Å². The number of amides is 1. The number of H-pyrrole nitrogens is 1. The number of methoxy groups -OCH3 is 1. The third-order valence-electron chi connectivity index (χ3n) is 3.94. The van der Waals surface area contributed by atoms with Crippen molar-refractivity contribution >= 4 is 57.3 Å². The summed E-state index contributed by atoms with van der Waals surface area (Å²) in [6.45, 7) is 0. The quantitative estimate of drug-likeness (QED) is 0.667. The van der Waals surface area contributed by atoms with Crippen molar-refractivity contribution in [2.24, 2.45) is 0 Å². The molecule has 1 aromatic heterocycles. The number of nitrogens with zero attached hydrogens (tertiary/aromatic N) is 1. The zero-order valence-corrected chi connectivity index (χ0v) is 14.0. The van der Waals surface area contributed by atoms with Gasteiger partial charge in [0.1, 0.15) is 5.75 Å². The SMILES string of the molecule is COc1ccc2c(C=C3C(=O)Nc4c(Cl)ccc(Cl)c43)n[nH]c2c1. The molecule has 0 spiro atoms. The average molecular weight is 360 g/mol. The van der Waals surface area contributed by atoms with Gasteiger partial charge in [-0.3, -0.25) is 9.89 Å². The fourth-order valence-corrected chi connectivity index (χ4v) is 3.23. The lowest BCUT2D eigenvalue weighted by Gasteiger charge is -2.03. The molecule has 0 atom stereocenters. The first kappa shape index (κ1) is 15.1. The second-order valence-electron chi connectivity index (χ2n) is 5.31. The maximum Gasteiger partial charge on any atom is 0.256 e. The highest BCUT2D eigenvalue weighted by molar-refractivity contribution is 6.45. The largest absolute Gasteiger partial charge is 0.497 e. The van der Waals surface area contributed by atoms with Crippen LogP contribution in [0.4, 0.5) is 5.69 Å². The van der Waals surface area contributed by atoms with Gasteiger partial charge >= 0.3 is 0 Å². The number of fused-ring (bicyclic) bond motifs is 2. The monoisotopic (exact) mass is 359 g/mol. The molecule has 0 radical (unpaired) electrons. The van der Waals surface area contributed by atoms with Gasteiger partial charge in [-0.05, 0) is 30.3 Å². The molecule has 2 aromatic carbocycles. The number of rotatable bonds is 2. The van der Waals surface area contributed by atoms with Gasteiger partial charge in [-0.15, -0.1) is 0 Å². The summed E-state index contributed by atoms with van der Waals surface area (Å²) in [5.74, 6) is 0.466. The highest BCUT2D eigenvalue weighted by Crippen LogP contribution is 2.42. The molecule has 1 aliphatic rings. The van der Waals surface area contributed by atoms with Crippen LogP contribution in [-0.4, -0.2) is 23.2 Å². The number of halogens is 2. The Kier molecular flexibility index (Phi) is 3.48. The van der Waals surface area contributed by atoms with Crippen LogP contribution in [0, 0.1) is 0 Å². The van der Waals surface area contributed by atoms with Crippen LogP contribution in [0.15, 0.2) is 30.3 Å². The van der Waals surface area contributed by atoms with E-state index in [1.807, 2.05) is 18.2 Å². The molecular formula is C17H11Cl2N3O2. The van der Waals surface area contributed by atoms with Crippen molar-refractivity contribution in [1.82, 2.24) is 10.2 Å². The van der Waals surface area contributed by atoms with Crippen molar-refractivity contribution in [2.75, 3.05) is 12.4 Å². The molecule has 0 saturated heterocycles. The van der Waals surface area contributed by atoms with Crippen LogP contribution in [0.25, 0.3) is 22.6 Å². The van der Waals surface area contributed by atoms with Gasteiger partial charge in [-0.1, -0.05) is 23.2 Å². The van der Waals surface area contributed by atoms with Gasteiger partial charge in [-0.25, -0.2) is 0 Å². The van der Waals surface area contributed by atoms with Crippen LogP contribution in [0.2, 0.25) is 10.0 Å². The lowest BCUT2D eigenvalue weighted by Crippen LogP contribution is -2.03. The highest BCUT2D eigenvalue weighted by Gasteiger charge is 2.29. The molecule has 1 amide bonds. The third-order valence-corrected chi connectivity index (χ3v) is 4.57. The van der Waals surface area contributed by atoms with Gasteiger partial charge < -0.3 is 10.1 Å². The van der Waals surface area contributed by atoms with E-state index in [9.17, 15) is 4.79 Å². The number of nitrogens with one attached hydrogen (secondary N) is 2. The lowest BCUT2D eigenvalue weighted by molar-refractivity contribution is -0.110. The van der Waals surface area contributed by atoms with E-state index in [1.54, 1.807) is 25.3 Å². The molecule has 120 valence electrons. The standard InChI is InChI=1S/C17H11Cl2N3O2/c1-24-8-2-3-9-13(6-8)21-22-14(9)7-10-15-11(18)4-5-12(19)16(15)20-17(10)23/h2-7H,1H3,(H,20,23)(H,21,22). The Balaban J connectivity index is 1.89. The fourth-order valence-electron chi connectivity index (χ4n) is 2.76. The van der Waals surface area contributed by atoms with Gasteiger partial charge in [0.25, 0.3) is 5.91 Å². The number of aromatic amines is 1. The Hall–Kier alpha value is -2.50. The molecule has 3 aromatic rings. The van der Waals surface area contributed by atoms with Gasteiger partial charge in [0.2, 0.25) is 0 Å². The molecule has 5 nitrogen and oxygen atoms in total. The van der Waals surface area contributed by atoms with Gasteiger partial charge in [0, 0.05) is 17.0 Å². The van der Waals surface area contributed by atoms with E-state index in [0.29, 0.717) is 32.6 Å². The van der Waals surface area contributed by atoms with Crippen LogP contribution in [0.5, 0.6) is 5.75 Å². The number of anilines is 1. The summed E-state index contributed by atoms with van der Waals surface area (Å²) >= 11 is 12.4. The number of ether oxygens (including phenoxy) is 1. The van der Waals surface area contributed by atoms with Crippen molar-refractivity contribution in [1.29, 1.82) is 0 Å². The molecular weight excluding hydrogens is 349 g/mol. The second kappa shape index (κ2) is 5.54. The summed E-state index contributed by atoms with van der Waals surface area (Å²) < 4.78 is 5.20. The first-order chi connectivity index (χ1) is 11.6. The van der Waals surface area contributed by atoms with Gasteiger partial charge in [0.05, 0.1) is 39.6 Å². The maximum absolute atomic E-state index is 12.3. The second-order valence-corrected chi connectivity index (χ2v) is 6.13. The van der Waals surface area contributed by atoms with Gasteiger partial charge in [0.15, 0.2) is 0 Å². The van der Waals surface area contributed by atoms with Crippen molar-refractivity contribution in [3.63, 3.8) is 0 Å². The van der Waals surface area contributed by atoms with E-state index in [4.69, 9.17) is 27.9 Å². The number of aromatic nitrogens is 2. The fraction of sp³-hybridized carbons (Fsp3) is 0.0588. The third kappa shape index (κ3) is 2.25. The van der Waals surface area contributed by atoms with Crippen LogP contribution in [0.1, 0.15) is 11.3 Å². The van der Waals surface area contributed by atoms with E-state index < -0.39 is 0 Å². The van der Waals surface area contributed by atoms with Crippen LogP contribution in [-0.2, 0) is 4.79 Å². The molecule has 0 bridgehead atoms. The number of benzene rings is 2. The predicted octanol–water partition coefficient (Wildman–Crippen LogP) is 4.37. The number of carbonyl (C=O) groups is 1. The Morgan fingerprint density at radius 2 is 1.96 bits per heavy atom. The zero-order chi connectivity index (χ0) is 16.8. The Bertz CT molecular complexity index is 1020. The summed E-state index contributed by atoms with van der Waals surface area (Å²) in [5, 5.41) is 11.8. The normalized spacial score (nSPS) is 15.0. The molecule has 24 heavy (non-hydrogen) atoms. The molecule has 0 unspecified atom stereocenters. The minimum atomic E-state index is -0.260. The number of carbonyl (C=O) groups excluding carboxylic acids is 1. The predicted molar refractivity (Wildman–Crippen MR) is 95.6 cm³/mol. The summed E-state index contributed by atoms with van der Waals surface area (Å²) in [6, 6.07) is 8.90. The molecule has 7 heteroatoms. The van der Waals surface area contributed by atoms with E-state index in [2.05, 4.69) is 15.5 Å². The van der Waals surface area contributed by atoms with E-state index >= 15 is 0 Å².